The number of nitrogens with one attached hydrogen (secondary N) is 1. The van der Waals surface area contributed by atoms with E-state index >= 15 is 0 Å². The van der Waals surface area contributed by atoms with E-state index in [0.717, 1.165) is 22.7 Å². The third-order valence-electron chi connectivity index (χ3n) is 2.55. The summed E-state index contributed by atoms with van der Waals surface area (Å²) in [6.45, 7) is 4.33. The first-order valence-electron chi connectivity index (χ1n) is 5.78. The second-order valence-electron chi connectivity index (χ2n) is 4.17. The molecule has 0 radical (unpaired) electrons. The van der Waals surface area contributed by atoms with Crippen molar-refractivity contribution in [2.75, 3.05) is 25.0 Å². The maximum atomic E-state index is 12.3. The molecular formula is C12H18F3N3. The Morgan fingerprint density at radius 3 is 2.50 bits per heavy atom. The Morgan fingerprint density at radius 2 is 2.00 bits per heavy atom. The van der Waals surface area contributed by atoms with Crippen LogP contribution in [0.15, 0.2) is 12.1 Å². The van der Waals surface area contributed by atoms with E-state index in [9.17, 15) is 13.2 Å². The van der Waals surface area contributed by atoms with Crippen LogP contribution < -0.4 is 10.2 Å². The molecule has 18 heavy (non-hydrogen) atoms. The molecule has 0 saturated carbocycles. The fourth-order valence-corrected chi connectivity index (χ4v) is 1.59. The summed E-state index contributed by atoms with van der Waals surface area (Å²) in [5.41, 5.74) is 1.75. The van der Waals surface area contributed by atoms with Crippen LogP contribution in [0.3, 0.4) is 0 Å². The molecule has 0 bridgehead atoms. The van der Waals surface area contributed by atoms with Gasteiger partial charge in [0.2, 0.25) is 0 Å². The van der Waals surface area contributed by atoms with Gasteiger partial charge in [-0.3, -0.25) is 0 Å². The first-order chi connectivity index (χ1) is 8.33. The lowest BCUT2D eigenvalue weighted by Gasteiger charge is -2.20. The van der Waals surface area contributed by atoms with Crippen molar-refractivity contribution < 1.29 is 13.2 Å². The molecule has 1 rings (SSSR count). The van der Waals surface area contributed by atoms with Crippen molar-refractivity contribution in [1.29, 1.82) is 0 Å². The Bertz CT molecular complexity index is 391. The van der Waals surface area contributed by atoms with Gasteiger partial charge < -0.3 is 10.2 Å². The summed E-state index contributed by atoms with van der Waals surface area (Å²) in [4.78, 5) is 5.30. The van der Waals surface area contributed by atoms with Gasteiger partial charge in [0.1, 0.15) is 12.4 Å². The molecule has 0 unspecified atom stereocenters. The van der Waals surface area contributed by atoms with Gasteiger partial charge in [-0.25, -0.2) is 4.98 Å². The van der Waals surface area contributed by atoms with Gasteiger partial charge >= 0.3 is 6.18 Å². The fraction of sp³-hybridized carbons (Fsp3) is 0.583. The van der Waals surface area contributed by atoms with Crippen molar-refractivity contribution in [3.8, 4) is 0 Å². The van der Waals surface area contributed by atoms with Crippen LogP contribution in [0.1, 0.15) is 18.2 Å². The molecule has 6 heteroatoms. The minimum absolute atomic E-state index is 0.338. The van der Waals surface area contributed by atoms with E-state index in [4.69, 9.17) is 0 Å². The molecule has 1 aromatic heterocycles. The van der Waals surface area contributed by atoms with Crippen molar-refractivity contribution in [3.63, 3.8) is 0 Å². The van der Waals surface area contributed by atoms with Crippen molar-refractivity contribution in [3.05, 3.63) is 23.4 Å². The van der Waals surface area contributed by atoms with Crippen LogP contribution in [-0.2, 0) is 6.54 Å². The minimum Gasteiger partial charge on any atom is -0.351 e. The molecule has 0 aliphatic heterocycles. The molecule has 1 N–H and O–H groups in total. The van der Waals surface area contributed by atoms with E-state index in [-0.39, 0.29) is 0 Å². The number of aromatic nitrogens is 1. The van der Waals surface area contributed by atoms with E-state index in [2.05, 4.69) is 10.3 Å². The first-order valence-corrected chi connectivity index (χ1v) is 5.78. The molecule has 0 saturated heterocycles. The second kappa shape index (κ2) is 6.04. The van der Waals surface area contributed by atoms with Crippen LogP contribution in [0.2, 0.25) is 0 Å². The summed E-state index contributed by atoms with van der Waals surface area (Å²) in [6, 6.07) is 3.43. The number of pyridine rings is 1. The second-order valence-corrected chi connectivity index (χ2v) is 4.17. The van der Waals surface area contributed by atoms with E-state index in [1.807, 2.05) is 13.0 Å². The van der Waals surface area contributed by atoms with Crippen LogP contribution in [0.4, 0.5) is 19.0 Å². The molecular weight excluding hydrogens is 243 g/mol. The Morgan fingerprint density at radius 1 is 1.33 bits per heavy atom. The van der Waals surface area contributed by atoms with E-state index in [1.54, 1.807) is 13.0 Å². The number of alkyl halides is 3. The molecule has 0 aromatic carbocycles. The van der Waals surface area contributed by atoms with Crippen LogP contribution in [0, 0.1) is 6.92 Å². The van der Waals surface area contributed by atoms with Crippen molar-refractivity contribution >= 4 is 5.82 Å². The lowest BCUT2D eigenvalue weighted by atomic mass is 10.2. The molecule has 3 nitrogen and oxygen atoms in total. The third kappa shape index (κ3) is 4.52. The quantitative estimate of drug-likeness (QED) is 0.882. The van der Waals surface area contributed by atoms with Crippen LogP contribution >= 0.6 is 0 Å². The highest BCUT2D eigenvalue weighted by Crippen LogP contribution is 2.20. The first kappa shape index (κ1) is 14.8. The van der Waals surface area contributed by atoms with Gasteiger partial charge in [-0.2, -0.15) is 13.2 Å². The summed E-state index contributed by atoms with van der Waals surface area (Å²) in [5, 5.41) is 3.16. The Labute approximate surface area is 105 Å². The highest BCUT2D eigenvalue weighted by atomic mass is 19.4. The Kier molecular flexibility index (Phi) is 4.95. The van der Waals surface area contributed by atoms with Crippen LogP contribution in [-0.4, -0.2) is 31.3 Å². The number of anilines is 1. The van der Waals surface area contributed by atoms with Crippen LogP contribution in [0.25, 0.3) is 0 Å². The van der Waals surface area contributed by atoms with Crippen LogP contribution in [0.5, 0.6) is 0 Å². The van der Waals surface area contributed by atoms with Gasteiger partial charge in [0.15, 0.2) is 0 Å². The highest BCUT2D eigenvalue weighted by molar-refractivity contribution is 5.41. The zero-order chi connectivity index (χ0) is 13.8. The van der Waals surface area contributed by atoms with Gasteiger partial charge in [-0.1, -0.05) is 13.0 Å². The molecule has 0 spiro atoms. The van der Waals surface area contributed by atoms with Gasteiger partial charge in [-0.05, 0) is 25.1 Å². The summed E-state index contributed by atoms with van der Waals surface area (Å²) in [7, 11) is 1.39. The molecule has 0 aliphatic carbocycles. The minimum atomic E-state index is -4.22. The average Bonchev–Trinajstić information content (AvgIpc) is 2.25. The van der Waals surface area contributed by atoms with Crippen molar-refractivity contribution in [2.45, 2.75) is 26.6 Å². The third-order valence-corrected chi connectivity index (χ3v) is 2.55. The fourth-order valence-electron chi connectivity index (χ4n) is 1.59. The Balaban J connectivity index is 2.77. The molecule has 0 aliphatic rings. The standard InChI is InChI=1S/C12H18F3N3/c1-4-16-7-10-5-6-11(17-9(10)2)18(3)8-12(13,14)15/h5-6,16H,4,7-8H2,1-3H3. The topological polar surface area (TPSA) is 28.2 Å². The predicted octanol–water partition coefficient (Wildman–Crippen LogP) is 2.50. The number of aryl methyl sites for hydroxylation is 1. The number of nitrogens with zero attached hydrogens (tertiary/aromatic N) is 2. The molecule has 0 atom stereocenters. The molecule has 1 heterocycles. The average molecular weight is 261 g/mol. The summed E-state index contributed by atoms with van der Waals surface area (Å²) < 4.78 is 36.8. The van der Waals surface area contributed by atoms with E-state index in [1.165, 1.54) is 7.05 Å². The zero-order valence-corrected chi connectivity index (χ0v) is 10.8. The smallest absolute Gasteiger partial charge is 0.351 e. The van der Waals surface area contributed by atoms with Crippen molar-refractivity contribution in [1.82, 2.24) is 10.3 Å². The number of hydrogen-bond donors (Lipinski definition) is 1. The summed E-state index contributed by atoms with van der Waals surface area (Å²) >= 11 is 0. The number of rotatable bonds is 5. The molecule has 1 aromatic rings. The van der Waals surface area contributed by atoms with E-state index in [0.29, 0.717) is 12.4 Å². The summed E-state index contributed by atoms with van der Waals surface area (Å²) in [6.07, 6.45) is -4.22. The maximum absolute atomic E-state index is 12.3. The molecule has 102 valence electrons. The SMILES string of the molecule is CCNCc1ccc(N(C)CC(F)(F)F)nc1C. The van der Waals surface area contributed by atoms with Gasteiger partial charge in [0.05, 0.1) is 0 Å². The van der Waals surface area contributed by atoms with Gasteiger partial charge in [0.25, 0.3) is 0 Å². The maximum Gasteiger partial charge on any atom is 0.405 e. The lowest BCUT2D eigenvalue weighted by molar-refractivity contribution is -0.119. The molecule has 0 amide bonds. The number of hydrogen-bond acceptors (Lipinski definition) is 3. The predicted molar refractivity (Wildman–Crippen MR) is 65.7 cm³/mol. The van der Waals surface area contributed by atoms with Gasteiger partial charge in [-0.15, -0.1) is 0 Å². The monoisotopic (exact) mass is 261 g/mol. The zero-order valence-electron chi connectivity index (χ0n) is 10.8. The molecule has 0 fully saturated rings. The lowest BCUT2D eigenvalue weighted by Crippen LogP contribution is -2.31. The summed E-state index contributed by atoms with van der Waals surface area (Å²) in [5.74, 6) is 0.338. The Hall–Kier alpha value is -1.30. The highest BCUT2D eigenvalue weighted by Gasteiger charge is 2.29. The van der Waals surface area contributed by atoms with Gasteiger partial charge in [0, 0.05) is 19.3 Å². The largest absolute Gasteiger partial charge is 0.405 e. The van der Waals surface area contributed by atoms with Crippen molar-refractivity contribution in [2.24, 2.45) is 0 Å². The van der Waals surface area contributed by atoms with E-state index < -0.39 is 12.7 Å². The number of halogens is 3. The normalized spacial score (nSPS) is 11.7.